The molecule has 0 saturated heterocycles. The third-order valence-corrected chi connectivity index (χ3v) is 7.20. The summed E-state index contributed by atoms with van der Waals surface area (Å²) in [4.78, 5) is 44.0. The quantitative estimate of drug-likeness (QED) is 0.340. The van der Waals surface area contributed by atoms with Crippen molar-refractivity contribution in [1.29, 1.82) is 0 Å². The summed E-state index contributed by atoms with van der Waals surface area (Å²) >= 11 is 7.16. The van der Waals surface area contributed by atoms with Gasteiger partial charge in [0, 0.05) is 17.1 Å². The van der Waals surface area contributed by atoms with Crippen LogP contribution in [0, 0.1) is 13.8 Å². The number of hydrogen-bond acceptors (Lipinski definition) is 6. The topological polar surface area (TPSA) is 90.3 Å². The van der Waals surface area contributed by atoms with Gasteiger partial charge in [0.2, 0.25) is 5.91 Å². The van der Waals surface area contributed by atoms with Crippen molar-refractivity contribution < 1.29 is 14.3 Å². The fourth-order valence-electron chi connectivity index (χ4n) is 3.67. The highest BCUT2D eigenvalue weighted by Crippen LogP contribution is 2.28. The van der Waals surface area contributed by atoms with E-state index in [2.05, 4.69) is 10.3 Å². The van der Waals surface area contributed by atoms with Crippen molar-refractivity contribution in [3.8, 4) is 0 Å². The molecule has 0 spiro atoms. The lowest BCUT2D eigenvalue weighted by molar-refractivity contribution is -0.118. The Morgan fingerprint density at radius 3 is 2.66 bits per heavy atom. The zero-order valence-corrected chi connectivity index (χ0v) is 21.1. The van der Waals surface area contributed by atoms with Gasteiger partial charge in [-0.15, -0.1) is 11.3 Å². The highest BCUT2D eigenvalue weighted by Gasteiger charge is 2.24. The van der Waals surface area contributed by atoms with E-state index in [1.165, 1.54) is 10.9 Å². The molecular weight excluding hydrogens is 486 g/mol. The number of fused-ring (bicyclic) bond motifs is 1. The maximum Gasteiger partial charge on any atom is 0.348 e. The number of amides is 1. The Bertz CT molecular complexity index is 1460. The van der Waals surface area contributed by atoms with Crippen LogP contribution < -0.4 is 10.9 Å². The predicted octanol–water partition coefficient (Wildman–Crippen LogP) is 5.33. The summed E-state index contributed by atoms with van der Waals surface area (Å²) in [7, 11) is 0. The second kappa shape index (κ2) is 10.4. The lowest BCUT2D eigenvalue weighted by atomic mass is 10.2. The summed E-state index contributed by atoms with van der Waals surface area (Å²) in [6.45, 7) is 5.39. The van der Waals surface area contributed by atoms with Crippen molar-refractivity contribution in [1.82, 2.24) is 9.55 Å². The molecule has 35 heavy (non-hydrogen) atoms. The molecule has 0 bridgehead atoms. The SMILES string of the molecule is Cc1ccc(Cl)cc1NC(=O)C(C)n1cnc2sc(C(=O)OCCc3ccccc3)c(C)c2c1=O. The number of nitrogens with zero attached hydrogens (tertiary/aromatic N) is 2. The molecule has 1 unspecified atom stereocenters. The number of thiophene rings is 1. The lowest BCUT2D eigenvalue weighted by Crippen LogP contribution is -2.32. The van der Waals surface area contributed by atoms with E-state index in [0.29, 0.717) is 37.8 Å². The van der Waals surface area contributed by atoms with Gasteiger partial charge < -0.3 is 10.1 Å². The predicted molar refractivity (Wildman–Crippen MR) is 139 cm³/mol. The summed E-state index contributed by atoms with van der Waals surface area (Å²) in [5, 5.41) is 3.62. The molecule has 0 aliphatic heterocycles. The summed E-state index contributed by atoms with van der Waals surface area (Å²) in [6, 6.07) is 14.1. The number of carbonyl (C=O) groups excluding carboxylic acids is 2. The largest absolute Gasteiger partial charge is 0.461 e. The van der Waals surface area contributed by atoms with E-state index in [1.807, 2.05) is 37.3 Å². The third kappa shape index (κ3) is 5.28. The van der Waals surface area contributed by atoms with E-state index in [9.17, 15) is 14.4 Å². The molecule has 4 aromatic rings. The zero-order chi connectivity index (χ0) is 25.1. The van der Waals surface area contributed by atoms with Crippen molar-refractivity contribution in [3.63, 3.8) is 0 Å². The van der Waals surface area contributed by atoms with Crippen LogP contribution in [0.25, 0.3) is 10.2 Å². The number of nitrogens with one attached hydrogen (secondary N) is 1. The Balaban J connectivity index is 1.54. The number of carbonyl (C=O) groups is 2. The smallest absolute Gasteiger partial charge is 0.348 e. The van der Waals surface area contributed by atoms with Crippen LogP contribution in [-0.4, -0.2) is 28.0 Å². The Morgan fingerprint density at radius 2 is 1.91 bits per heavy atom. The first-order chi connectivity index (χ1) is 16.8. The standard InChI is InChI=1S/C26H24ClN3O4S/c1-15-9-10-19(27)13-20(15)29-23(31)17(3)30-14-28-24-21(25(30)32)16(2)22(35-24)26(33)34-12-11-18-7-5-4-6-8-18/h4-10,13-14,17H,11-12H2,1-3H3,(H,29,31). The van der Waals surface area contributed by atoms with Gasteiger partial charge in [-0.25, -0.2) is 9.78 Å². The molecule has 2 heterocycles. The van der Waals surface area contributed by atoms with Gasteiger partial charge in [0.05, 0.1) is 18.3 Å². The molecule has 180 valence electrons. The molecule has 1 N–H and O–H groups in total. The molecule has 9 heteroatoms. The van der Waals surface area contributed by atoms with Crippen LogP contribution in [0.4, 0.5) is 5.69 Å². The van der Waals surface area contributed by atoms with E-state index in [1.54, 1.807) is 32.0 Å². The molecule has 1 amide bonds. The monoisotopic (exact) mass is 509 g/mol. The zero-order valence-electron chi connectivity index (χ0n) is 19.5. The van der Waals surface area contributed by atoms with Crippen LogP contribution in [0.3, 0.4) is 0 Å². The number of aromatic nitrogens is 2. The average Bonchev–Trinajstić information content (AvgIpc) is 3.19. The molecule has 2 aromatic carbocycles. The molecule has 7 nitrogen and oxygen atoms in total. The highest BCUT2D eigenvalue weighted by molar-refractivity contribution is 7.20. The molecule has 4 rings (SSSR count). The van der Waals surface area contributed by atoms with Gasteiger partial charge >= 0.3 is 5.97 Å². The summed E-state index contributed by atoms with van der Waals surface area (Å²) < 4.78 is 6.71. The molecule has 0 aliphatic carbocycles. The number of halogens is 1. The van der Waals surface area contributed by atoms with Crippen molar-refractivity contribution in [2.75, 3.05) is 11.9 Å². The average molecular weight is 510 g/mol. The van der Waals surface area contributed by atoms with Crippen LogP contribution in [0.1, 0.15) is 39.3 Å². The van der Waals surface area contributed by atoms with Gasteiger partial charge in [-0.2, -0.15) is 0 Å². The molecule has 0 aliphatic rings. The maximum atomic E-state index is 13.3. The second-order valence-corrected chi connectivity index (χ2v) is 9.62. The Hall–Kier alpha value is -3.49. The van der Waals surface area contributed by atoms with Gasteiger partial charge in [-0.1, -0.05) is 48.0 Å². The number of rotatable bonds is 7. The van der Waals surface area contributed by atoms with E-state index in [-0.39, 0.29) is 12.5 Å². The van der Waals surface area contributed by atoms with Crippen LogP contribution in [0.2, 0.25) is 5.02 Å². The molecule has 0 fully saturated rings. The summed E-state index contributed by atoms with van der Waals surface area (Å²) in [6.07, 6.45) is 1.93. The minimum atomic E-state index is -0.835. The third-order valence-electron chi connectivity index (χ3n) is 5.78. The van der Waals surface area contributed by atoms with Gasteiger partial charge in [0.25, 0.3) is 5.56 Å². The Kier molecular flexibility index (Phi) is 7.33. The molecule has 0 radical (unpaired) electrons. The van der Waals surface area contributed by atoms with Gasteiger partial charge in [-0.05, 0) is 49.6 Å². The first-order valence-corrected chi connectivity index (χ1v) is 12.2. The first-order valence-electron chi connectivity index (χ1n) is 11.0. The number of anilines is 1. The van der Waals surface area contributed by atoms with Crippen molar-refractivity contribution in [2.45, 2.75) is 33.2 Å². The number of ether oxygens (including phenoxy) is 1. The highest BCUT2D eigenvalue weighted by atomic mass is 35.5. The van der Waals surface area contributed by atoms with Crippen molar-refractivity contribution >= 4 is 50.7 Å². The van der Waals surface area contributed by atoms with E-state index >= 15 is 0 Å². The van der Waals surface area contributed by atoms with E-state index < -0.39 is 17.6 Å². The summed E-state index contributed by atoms with van der Waals surface area (Å²) in [5.74, 6) is -0.873. The minimum absolute atomic E-state index is 0.230. The van der Waals surface area contributed by atoms with E-state index in [0.717, 1.165) is 22.5 Å². The number of esters is 1. The van der Waals surface area contributed by atoms with Crippen LogP contribution in [-0.2, 0) is 16.0 Å². The number of aryl methyl sites for hydroxylation is 2. The summed E-state index contributed by atoms with van der Waals surface area (Å²) in [5.41, 5.74) is 2.60. The fraction of sp³-hybridized carbons (Fsp3) is 0.231. The molecular formula is C26H24ClN3O4S. The van der Waals surface area contributed by atoms with Gasteiger partial charge in [0.15, 0.2) is 0 Å². The fourth-order valence-corrected chi connectivity index (χ4v) is 4.88. The van der Waals surface area contributed by atoms with Gasteiger partial charge in [0.1, 0.15) is 15.7 Å². The first kappa shape index (κ1) is 24.6. The van der Waals surface area contributed by atoms with Crippen molar-refractivity contribution in [2.24, 2.45) is 0 Å². The lowest BCUT2D eigenvalue weighted by Gasteiger charge is -2.16. The maximum absolute atomic E-state index is 13.3. The number of hydrogen-bond donors (Lipinski definition) is 1. The van der Waals surface area contributed by atoms with Crippen molar-refractivity contribution in [3.05, 3.63) is 91.8 Å². The minimum Gasteiger partial charge on any atom is -0.461 e. The van der Waals surface area contributed by atoms with Gasteiger partial charge in [-0.3, -0.25) is 14.2 Å². The molecule has 2 aromatic heterocycles. The van der Waals surface area contributed by atoms with Crippen LogP contribution in [0.15, 0.2) is 59.7 Å². The number of benzene rings is 2. The second-order valence-electron chi connectivity index (χ2n) is 8.19. The normalized spacial score (nSPS) is 11.9. The Morgan fingerprint density at radius 1 is 1.17 bits per heavy atom. The Labute approximate surface area is 211 Å². The van der Waals surface area contributed by atoms with Crippen LogP contribution >= 0.6 is 22.9 Å². The molecule has 0 saturated carbocycles. The molecule has 1 atom stereocenters. The van der Waals surface area contributed by atoms with Crippen LogP contribution in [0.5, 0.6) is 0 Å². The van der Waals surface area contributed by atoms with E-state index in [4.69, 9.17) is 16.3 Å².